The Kier molecular flexibility index (Phi) is 5.83. The van der Waals surface area contributed by atoms with E-state index in [0.717, 1.165) is 0 Å². The van der Waals surface area contributed by atoms with Gasteiger partial charge in [0.15, 0.2) is 0 Å². The first-order chi connectivity index (χ1) is 11.5. The van der Waals surface area contributed by atoms with Gasteiger partial charge in [0.2, 0.25) is 0 Å². The summed E-state index contributed by atoms with van der Waals surface area (Å²) in [6.07, 6.45) is -1.74. The first-order valence-corrected chi connectivity index (χ1v) is 7.06. The van der Waals surface area contributed by atoms with E-state index >= 15 is 0 Å². The second-order valence-corrected chi connectivity index (χ2v) is 4.91. The van der Waals surface area contributed by atoms with Crippen molar-refractivity contribution in [3.63, 3.8) is 0 Å². The standard InChI is InChI=1S/C16H16N2O6/c19-9-15(20)11-5-7-13(8-6-11)17-16(21)24-10-12-3-1-2-4-14(12)18(22)23/h1-8,15,19-20H,9-10H2,(H,17,21). The van der Waals surface area contributed by atoms with Crippen molar-refractivity contribution in [1.29, 1.82) is 0 Å². The van der Waals surface area contributed by atoms with Crippen LogP contribution >= 0.6 is 0 Å². The van der Waals surface area contributed by atoms with Crippen molar-refractivity contribution < 1.29 is 24.7 Å². The molecule has 0 fully saturated rings. The molecule has 0 saturated heterocycles. The number of para-hydroxylation sites is 1. The zero-order valence-corrected chi connectivity index (χ0v) is 12.6. The molecule has 0 spiro atoms. The molecule has 0 aliphatic carbocycles. The number of hydrogen-bond acceptors (Lipinski definition) is 6. The molecule has 0 radical (unpaired) electrons. The molecule has 1 unspecified atom stereocenters. The van der Waals surface area contributed by atoms with E-state index in [9.17, 15) is 20.0 Å². The van der Waals surface area contributed by atoms with Gasteiger partial charge in [-0.3, -0.25) is 15.4 Å². The Bertz CT molecular complexity index is 717. The molecule has 2 aromatic rings. The lowest BCUT2D eigenvalue weighted by Crippen LogP contribution is -2.14. The molecule has 0 saturated carbocycles. The number of benzene rings is 2. The lowest BCUT2D eigenvalue weighted by Gasteiger charge is -2.10. The molecule has 0 aromatic heterocycles. The number of aliphatic hydroxyl groups is 2. The van der Waals surface area contributed by atoms with Gasteiger partial charge in [-0.1, -0.05) is 24.3 Å². The predicted molar refractivity (Wildman–Crippen MR) is 85.4 cm³/mol. The summed E-state index contributed by atoms with van der Waals surface area (Å²) in [7, 11) is 0. The number of rotatable bonds is 6. The maximum Gasteiger partial charge on any atom is 0.411 e. The normalized spacial score (nSPS) is 11.6. The van der Waals surface area contributed by atoms with E-state index in [0.29, 0.717) is 16.8 Å². The van der Waals surface area contributed by atoms with Gasteiger partial charge in [0.25, 0.3) is 5.69 Å². The van der Waals surface area contributed by atoms with E-state index in [4.69, 9.17) is 9.84 Å². The highest BCUT2D eigenvalue weighted by atomic mass is 16.6. The average molecular weight is 332 g/mol. The van der Waals surface area contributed by atoms with Gasteiger partial charge in [-0.15, -0.1) is 0 Å². The number of anilines is 1. The Balaban J connectivity index is 1.93. The number of carbonyl (C=O) groups excluding carboxylic acids is 1. The highest BCUT2D eigenvalue weighted by Gasteiger charge is 2.14. The molecule has 1 atom stereocenters. The molecular weight excluding hydrogens is 316 g/mol. The molecule has 0 heterocycles. The van der Waals surface area contributed by atoms with Crippen molar-refractivity contribution in [1.82, 2.24) is 0 Å². The number of amides is 1. The number of aliphatic hydroxyl groups excluding tert-OH is 2. The zero-order valence-electron chi connectivity index (χ0n) is 12.6. The molecule has 2 rings (SSSR count). The lowest BCUT2D eigenvalue weighted by molar-refractivity contribution is -0.385. The van der Waals surface area contributed by atoms with Crippen molar-refractivity contribution in [3.8, 4) is 0 Å². The summed E-state index contributed by atoms with van der Waals surface area (Å²) in [6.45, 7) is -0.630. The van der Waals surface area contributed by atoms with Crippen LogP contribution in [0.3, 0.4) is 0 Å². The highest BCUT2D eigenvalue weighted by molar-refractivity contribution is 5.84. The second kappa shape index (κ2) is 8.04. The van der Waals surface area contributed by atoms with Crippen LogP contribution < -0.4 is 5.32 Å². The number of hydrogen-bond donors (Lipinski definition) is 3. The van der Waals surface area contributed by atoms with Gasteiger partial charge in [-0.25, -0.2) is 4.79 Å². The van der Waals surface area contributed by atoms with Crippen molar-refractivity contribution in [2.75, 3.05) is 11.9 Å². The van der Waals surface area contributed by atoms with Crippen LogP contribution in [-0.4, -0.2) is 27.8 Å². The minimum atomic E-state index is -0.982. The lowest BCUT2D eigenvalue weighted by atomic mass is 10.1. The molecule has 8 heteroatoms. The van der Waals surface area contributed by atoms with Crippen molar-refractivity contribution in [2.45, 2.75) is 12.7 Å². The minimum Gasteiger partial charge on any atom is -0.444 e. The fourth-order valence-corrected chi connectivity index (χ4v) is 2.00. The van der Waals surface area contributed by atoms with Gasteiger partial charge < -0.3 is 14.9 Å². The van der Waals surface area contributed by atoms with Gasteiger partial charge in [-0.05, 0) is 23.8 Å². The highest BCUT2D eigenvalue weighted by Crippen LogP contribution is 2.19. The first-order valence-electron chi connectivity index (χ1n) is 7.06. The molecule has 24 heavy (non-hydrogen) atoms. The molecule has 1 amide bonds. The van der Waals surface area contributed by atoms with Gasteiger partial charge >= 0.3 is 6.09 Å². The minimum absolute atomic E-state index is 0.118. The van der Waals surface area contributed by atoms with E-state index < -0.39 is 23.7 Å². The summed E-state index contributed by atoms with van der Waals surface area (Å²) in [6, 6.07) is 12.2. The fourth-order valence-electron chi connectivity index (χ4n) is 2.00. The number of nitro benzene ring substituents is 1. The Morgan fingerprint density at radius 3 is 2.50 bits per heavy atom. The summed E-state index contributed by atoms with van der Waals surface area (Å²) in [4.78, 5) is 22.1. The van der Waals surface area contributed by atoms with E-state index in [2.05, 4.69) is 5.32 Å². The third-order valence-corrected chi connectivity index (χ3v) is 3.26. The summed E-state index contributed by atoms with van der Waals surface area (Å²) in [5, 5.41) is 31.7. The van der Waals surface area contributed by atoms with E-state index in [1.807, 2.05) is 0 Å². The Labute approximate surface area is 137 Å². The van der Waals surface area contributed by atoms with Crippen LogP contribution in [0.15, 0.2) is 48.5 Å². The number of nitrogens with zero attached hydrogens (tertiary/aromatic N) is 1. The molecule has 8 nitrogen and oxygen atoms in total. The number of ether oxygens (including phenoxy) is 1. The van der Waals surface area contributed by atoms with Crippen LogP contribution in [-0.2, 0) is 11.3 Å². The fraction of sp³-hybridized carbons (Fsp3) is 0.188. The summed E-state index contributed by atoms with van der Waals surface area (Å²) in [5.74, 6) is 0. The van der Waals surface area contributed by atoms with E-state index in [1.54, 1.807) is 30.3 Å². The van der Waals surface area contributed by atoms with Crippen LogP contribution in [0.4, 0.5) is 16.2 Å². The first kappa shape index (κ1) is 17.4. The Morgan fingerprint density at radius 2 is 1.88 bits per heavy atom. The van der Waals surface area contributed by atoms with Crippen molar-refractivity contribution >= 4 is 17.5 Å². The molecule has 2 aromatic carbocycles. The number of nitro groups is 1. The largest absolute Gasteiger partial charge is 0.444 e. The maximum atomic E-state index is 11.7. The van der Waals surface area contributed by atoms with Gasteiger partial charge in [-0.2, -0.15) is 0 Å². The summed E-state index contributed by atoms with van der Waals surface area (Å²) < 4.78 is 4.98. The van der Waals surface area contributed by atoms with Crippen LogP contribution in [0.2, 0.25) is 0 Å². The molecule has 0 bridgehead atoms. The maximum absolute atomic E-state index is 11.7. The summed E-state index contributed by atoms with van der Waals surface area (Å²) >= 11 is 0. The SMILES string of the molecule is O=C(Nc1ccc(C(O)CO)cc1)OCc1ccccc1[N+](=O)[O-]. The van der Waals surface area contributed by atoms with Crippen molar-refractivity contribution in [2.24, 2.45) is 0 Å². The molecular formula is C16H16N2O6. The van der Waals surface area contributed by atoms with Crippen LogP contribution in [0.1, 0.15) is 17.2 Å². The molecule has 0 aliphatic heterocycles. The topological polar surface area (TPSA) is 122 Å². The Hall–Kier alpha value is -2.97. The quantitative estimate of drug-likeness (QED) is 0.551. The predicted octanol–water partition coefficient (Wildman–Crippen LogP) is 2.37. The molecule has 0 aliphatic rings. The molecule has 126 valence electrons. The van der Waals surface area contributed by atoms with Crippen LogP contribution in [0.25, 0.3) is 0 Å². The summed E-state index contributed by atoms with van der Waals surface area (Å²) in [5.41, 5.74) is 1.11. The molecule has 3 N–H and O–H groups in total. The van der Waals surface area contributed by atoms with Gasteiger partial charge in [0.05, 0.1) is 17.1 Å². The van der Waals surface area contributed by atoms with E-state index in [1.165, 1.54) is 18.2 Å². The van der Waals surface area contributed by atoms with Crippen molar-refractivity contribution in [3.05, 3.63) is 69.8 Å². The van der Waals surface area contributed by atoms with Gasteiger partial charge in [0, 0.05) is 11.8 Å². The zero-order chi connectivity index (χ0) is 17.5. The number of nitrogens with one attached hydrogen (secondary N) is 1. The average Bonchev–Trinajstić information content (AvgIpc) is 2.60. The van der Waals surface area contributed by atoms with Gasteiger partial charge in [0.1, 0.15) is 12.7 Å². The third kappa shape index (κ3) is 4.51. The van der Waals surface area contributed by atoms with Crippen LogP contribution in [0.5, 0.6) is 0 Å². The number of carbonyl (C=O) groups is 1. The Morgan fingerprint density at radius 1 is 1.21 bits per heavy atom. The monoisotopic (exact) mass is 332 g/mol. The smallest absolute Gasteiger partial charge is 0.411 e. The third-order valence-electron chi connectivity index (χ3n) is 3.26. The van der Waals surface area contributed by atoms with E-state index in [-0.39, 0.29) is 12.3 Å². The van der Waals surface area contributed by atoms with Crippen LogP contribution in [0, 0.1) is 10.1 Å². The second-order valence-electron chi connectivity index (χ2n) is 4.91.